The zero-order chi connectivity index (χ0) is 10.1. The molecule has 7 nitrogen and oxygen atoms in total. The van der Waals surface area contributed by atoms with Crippen LogP contribution in [0.25, 0.3) is 0 Å². The van der Waals surface area contributed by atoms with Crippen LogP contribution in [-0.4, -0.2) is 35.2 Å². The van der Waals surface area contributed by atoms with Crippen LogP contribution in [0.15, 0.2) is 10.3 Å². The SMILES string of the molecule is N/C(CCNCC/C(N)=N\O)=N\O. The van der Waals surface area contributed by atoms with Gasteiger partial charge in [0.25, 0.3) is 0 Å². The monoisotopic (exact) mass is 189 g/mol. The van der Waals surface area contributed by atoms with Gasteiger partial charge in [0.15, 0.2) is 0 Å². The van der Waals surface area contributed by atoms with E-state index in [2.05, 4.69) is 15.6 Å². The third-order valence-electron chi connectivity index (χ3n) is 1.37. The van der Waals surface area contributed by atoms with E-state index in [1.54, 1.807) is 0 Å². The molecule has 0 saturated carbocycles. The Morgan fingerprint density at radius 1 is 1.00 bits per heavy atom. The number of rotatable bonds is 6. The van der Waals surface area contributed by atoms with Crippen LogP contribution in [-0.2, 0) is 0 Å². The lowest BCUT2D eigenvalue weighted by atomic mass is 10.3. The van der Waals surface area contributed by atoms with E-state index in [0.717, 1.165) is 0 Å². The third-order valence-corrected chi connectivity index (χ3v) is 1.37. The largest absolute Gasteiger partial charge is 0.409 e. The summed E-state index contributed by atoms with van der Waals surface area (Å²) in [6, 6.07) is 0. The summed E-state index contributed by atoms with van der Waals surface area (Å²) in [4.78, 5) is 0. The highest BCUT2D eigenvalue weighted by Gasteiger charge is 1.94. The maximum Gasteiger partial charge on any atom is 0.140 e. The lowest BCUT2D eigenvalue weighted by Gasteiger charge is -2.02. The van der Waals surface area contributed by atoms with E-state index in [1.165, 1.54) is 0 Å². The number of amidine groups is 2. The minimum Gasteiger partial charge on any atom is -0.409 e. The predicted molar refractivity (Wildman–Crippen MR) is 48.9 cm³/mol. The van der Waals surface area contributed by atoms with Crippen molar-refractivity contribution >= 4 is 11.7 Å². The van der Waals surface area contributed by atoms with E-state index in [9.17, 15) is 0 Å². The molecule has 0 aliphatic carbocycles. The van der Waals surface area contributed by atoms with E-state index < -0.39 is 0 Å². The molecule has 0 aliphatic rings. The molecule has 76 valence electrons. The first-order chi connectivity index (χ1) is 6.20. The van der Waals surface area contributed by atoms with Crippen molar-refractivity contribution in [2.45, 2.75) is 12.8 Å². The Bertz CT molecular complexity index is 171. The van der Waals surface area contributed by atoms with Gasteiger partial charge in [-0.1, -0.05) is 10.3 Å². The molecular weight excluding hydrogens is 174 g/mol. The average Bonchev–Trinajstić information content (AvgIpc) is 2.16. The van der Waals surface area contributed by atoms with E-state index >= 15 is 0 Å². The van der Waals surface area contributed by atoms with Crippen molar-refractivity contribution in [2.24, 2.45) is 21.8 Å². The topological polar surface area (TPSA) is 129 Å². The van der Waals surface area contributed by atoms with E-state index in [4.69, 9.17) is 21.9 Å². The molecule has 0 amide bonds. The quantitative estimate of drug-likeness (QED) is 0.118. The van der Waals surface area contributed by atoms with Gasteiger partial charge < -0.3 is 27.2 Å². The fourth-order valence-electron chi connectivity index (χ4n) is 0.658. The van der Waals surface area contributed by atoms with Crippen LogP contribution in [0, 0.1) is 0 Å². The van der Waals surface area contributed by atoms with Gasteiger partial charge in [-0.15, -0.1) is 0 Å². The number of nitrogens with two attached hydrogens (primary N) is 2. The van der Waals surface area contributed by atoms with Crippen LogP contribution in [0.2, 0.25) is 0 Å². The lowest BCUT2D eigenvalue weighted by molar-refractivity contribution is 0.316. The minimum atomic E-state index is 0.177. The van der Waals surface area contributed by atoms with Crippen LogP contribution in [0.4, 0.5) is 0 Å². The van der Waals surface area contributed by atoms with E-state index in [-0.39, 0.29) is 11.7 Å². The van der Waals surface area contributed by atoms with Crippen molar-refractivity contribution in [3.05, 3.63) is 0 Å². The molecule has 0 aliphatic heterocycles. The van der Waals surface area contributed by atoms with E-state index in [0.29, 0.717) is 25.9 Å². The second kappa shape index (κ2) is 7.17. The number of hydrogen-bond donors (Lipinski definition) is 5. The molecule has 7 heteroatoms. The molecule has 0 aromatic heterocycles. The summed E-state index contributed by atoms with van der Waals surface area (Å²) in [6.07, 6.45) is 0.930. The number of hydrogen-bond acceptors (Lipinski definition) is 5. The number of nitrogens with one attached hydrogen (secondary N) is 1. The fourth-order valence-corrected chi connectivity index (χ4v) is 0.658. The summed E-state index contributed by atoms with van der Waals surface area (Å²) in [7, 11) is 0. The van der Waals surface area contributed by atoms with Crippen molar-refractivity contribution in [2.75, 3.05) is 13.1 Å². The van der Waals surface area contributed by atoms with Gasteiger partial charge in [0.1, 0.15) is 11.7 Å². The summed E-state index contributed by atoms with van der Waals surface area (Å²) in [5.41, 5.74) is 10.4. The molecule has 0 saturated heterocycles. The molecule has 0 rings (SSSR count). The number of oxime groups is 2. The predicted octanol–water partition coefficient (Wildman–Crippen LogP) is -1.15. The summed E-state index contributed by atoms with van der Waals surface area (Å²) < 4.78 is 0. The second-order valence-corrected chi connectivity index (χ2v) is 2.43. The summed E-state index contributed by atoms with van der Waals surface area (Å²) in [6.45, 7) is 1.18. The van der Waals surface area contributed by atoms with Crippen molar-refractivity contribution in [1.29, 1.82) is 0 Å². The van der Waals surface area contributed by atoms with Gasteiger partial charge in [0.2, 0.25) is 0 Å². The Morgan fingerprint density at radius 3 is 1.69 bits per heavy atom. The first-order valence-corrected chi connectivity index (χ1v) is 3.84. The summed E-state index contributed by atoms with van der Waals surface area (Å²) in [5.74, 6) is 0.354. The smallest absolute Gasteiger partial charge is 0.140 e. The molecular formula is C6H15N5O2. The van der Waals surface area contributed by atoms with Gasteiger partial charge in [-0.3, -0.25) is 0 Å². The van der Waals surface area contributed by atoms with Crippen molar-refractivity contribution < 1.29 is 10.4 Å². The molecule has 0 atom stereocenters. The molecule has 13 heavy (non-hydrogen) atoms. The molecule has 0 unspecified atom stereocenters. The van der Waals surface area contributed by atoms with Gasteiger partial charge in [0, 0.05) is 25.9 Å². The number of nitrogens with zero attached hydrogens (tertiary/aromatic N) is 2. The van der Waals surface area contributed by atoms with Crippen molar-refractivity contribution in [3.63, 3.8) is 0 Å². The second-order valence-electron chi connectivity index (χ2n) is 2.43. The molecule has 0 aromatic carbocycles. The Labute approximate surface area is 76.1 Å². The minimum absolute atomic E-state index is 0.177. The highest BCUT2D eigenvalue weighted by molar-refractivity contribution is 5.80. The molecule has 0 spiro atoms. The van der Waals surface area contributed by atoms with Crippen LogP contribution in [0.5, 0.6) is 0 Å². The highest BCUT2D eigenvalue weighted by atomic mass is 16.4. The highest BCUT2D eigenvalue weighted by Crippen LogP contribution is 1.79. The third kappa shape index (κ3) is 6.88. The standard InChI is InChI=1S/C6H15N5O2/c7-5(10-12)1-3-9-4-2-6(8)11-13/h9,12-13H,1-4H2,(H2,7,10)(H2,8,11). The molecule has 7 N–H and O–H groups in total. The zero-order valence-electron chi connectivity index (χ0n) is 7.27. The van der Waals surface area contributed by atoms with Gasteiger partial charge in [0.05, 0.1) is 0 Å². The first-order valence-electron chi connectivity index (χ1n) is 3.84. The van der Waals surface area contributed by atoms with Crippen molar-refractivity contribution in [1.82, 2.24) is 5.32 Å². The lowest BCUT2D eigenvalue weighted by Crippen LogP contribution is -2.26. The maximum absolute atomic E-state index is 8.18. The normalized spacial score (nSPS) is 13.2. The van der Waals surface area contributed by atoms with Gasteiger partial charge >= 0.3 is 0 Å². The Hall–Kier alpha value is -1.50. The fraction of sp³-hybridized carbons (Fsp3) is 0.667. The Balaban J connectivity index is 3.27. The zero-order valence-corrected chi connectivity index (χ0v) is 7.27. The van der Waals surface area contributed by atoms with Crippen molar-refractivity contribution in [3.8, 4) is 0 Å². The van der Waals surface area contributed by atoms with Crippen LogP contribution >= 0.6 is 0 Å². The summed E-state index contributed by atoms with van der Waals surface area (Å²) in [5, 5.41) is 24.9. The average molecular weight is 189 g/mol. The van der Waals surface area contributed by atoms with Gasteiger partial charge in [-0.25, -0.2) is 0 Å². The Morgan fingerprint density at radius 2 is 1.38 bits per heavy atom. The van der Waals surface area contributed by atoms with E-state index in [1.807, 2.05) is 0 Å². The van der Waals surface area contributed by atoms with Crippen LogP contribution < -0.4 is 16.8 Å². The first kappa shape index (κ1) is 11.5. The summed E-state index contributed by atoms with van der Waals surface area (Å²) >= 11 is 0. The molecule has 0 aromatic rings. The molecule has 0 radical (unpaired) electrons. The molecule has 0 fully saturated rings. The van der Waals surface area contributed by atoms with Crippen LogP contribution in [0.1, 0.15) is 12.8 Å². The maximum atomic E-state index is 8.18. The van der Waals surface area contributed by atoms with Gasteiger partial charge in [-0.2, -0.15) is 0 Å². The molecule has 0 bridgehead atoms. The Kier molecular flexibility index (Phi) is 6.34. The van der Waals surface area contributed by atoms with Crippen LogP contribution in [0.3, 0.4) is 0 Å². The molecule has 0 heterocycles. The van der Waals surface area contributed by atoms with Gasteiger partial charge in [-0.05, 0) is 0 Å².